The summed E-state index contributed by atoms with van der Waals surface area (Å²) in [7, 11) is -3.74. The highest BCUT2D eigenvalue weighted by Crippen LogP contribution is 2.31. The number of nitrogen functional groups attached to an aromatic ring is 1. The molecule has 1 heterocycles. The molecule has 0 fully saturated rings. The molecule has 0 atom stereocenters. The van der Waals surface area contributed by atoms with E-state index in [2.05, 4.69) is 15.3 Å². The van der Waals surface area contributed by atoms with Gasteiger partial charge in [0.2, 0.25) is 15.9 Å². The van der Waals surface area contributed by atoms with Crippen LogP contribution in [0.2, 0.25) is 5.02 Å². The number of nitrogens with two attached hydrogens (primary N) is 2. The number of aryl methyl sites for hydroxylation is 1. The van der Waals surface area contributed by atoms with Crippen molar-refractivity contribution in [1.29, 1.82) is 0 Å². The second kappa shape index (κ2) is 10.3. The molecule has 0 unspecified atom stereocenters. The molecule has 5 N–H and O–H groups in total. The molecule has 3 aromatic rings. The Labute approximate surface area is 195 Å². The fraction of sp³-hybridized carbons (Fsp3) is 0.190. The van der Waals surface area contributed by atoms with Gasteiger partial charge in [-0.05, 0) is 41.8 Å². The number of sulfonamides is 1. The van der Waals surface area contributed by atoms with E-state index < -0.39 is 10.0 Å². The fourth-order valence-electron chi connectivity index (χ4n) is 2.93. The van der Waals surface area contributed by atoms with Crippen LogP contribution in [0.5, 0.6) is 0 Å². The molecule has 0 saturated carbocycles. The van der Waals surface area contributed by atoms with Crippen molar-refractivity contribution in [1.82, 2.24) is 15.3 Å². The van der Waals surface area contributed by atoms with Crippen molar-refractivity contribution in [3.8, 4) is 11.1 Å². The third-order valence-electron chi connectivity index (χ3n) is 4.53. The van der Waals surface area contributed by atoms with E-state index in [0.29, 0.717) is 22.4 Å². The zero-order valence-electron chi connectivity index (χ0n) is 17.2. The molecule has 0 bridgehead atoms. The van der Waals surface area contributed by atoms with Gasteiger partial charge in [0.15, 0.2) is 5.16 Å². The highest BCUT2D eigenvalue weighted by Gasteiger charge is 2.15. The normalized spacial score (nSPS) is 11.3. The quantitative estimate of drug-likeness (QED) is 0.325. The number of nitrogens with zero attached hydrogens (tertiary/aromatic N) is 2. The van der Waals surface area contributed by atoms with Crippen LogP contribution in [0.3, 0.4) is 0 Å². The molecule has 32 heavy (non-hydrogen) atoms. The van der Waals surface area contributed by atoms with Crippen LogP contribution in [0.4, 0.5) is 5.82 Å². The Morgan fingerprint density at radius 1 is 1.09 bits per heavy atom. The lowest BCUT2D eigenvalue weighted by molar-refractivity contribution is -0.118. The van der Waals surface area contributed by atoms with Crippen LogP contribution in [0.25, 0.3) is 11.1 Å². The highest BCUT2D eigenvalue weighted by atomic mass is 35.5. The zero-order valence-corrected chi connectivity index (χ0v) is 19.6. The van der Waals surface area contributed by atoms with Crippen LogP contribution < -0.4 is 16.2 Å². The molecule has 8 nitrogen and oxygen atoms in total. The average molecular weight is 492 g/mol. The van der Waals surface area contributed by atoms with Crippen molar-refractivity contribution in [3.63, 3.8) is 0 Å². The summed E-state index contributed by atoms with van der Waals surface area (Å²) in [6, 6.07) is 13.3. The number of rotatable bonds is 8. The molecule has 3 rings (SSSR count). The van der Waals surface area contributed by atoms with Gasteiger partial charge in [-0.2, -0.15) is 0 Å². The van der Waals surface area contributed by atoms with E-state index in [0.717, 1.165) is 22.4 Å². The summed E-state index contributed by atoms with van der Waals surface area (Å²) in [5.41, 5.74) is 9.38. The standard InChI is InChI=1S/C21H22ClN5O3S2/c1-2-17-19(14-5-7-15(22)8-6-14)20(23)27-21(26-17)31-12-18(28)25-11-13-3-9-16(10-4-13)32(24,29)30/h3-10H,2,11-12H2,1H3,(H,25,28)(H2,23,26,27)(H2,24,29,30). The van der Waals surface area contributed by atoms with Gasteiger partial charge in [0.05, 0.1) is 16.3 Å². The summed E-state index contributed by atoms with van der Waals surface area (Å²) in [6.45, 7) is 2.23. The number of amides is 1. The van der Waals surface area contributed by atoms with E-state index in [1.165, 1.54) is 23.9 Å². The maximum absolute atomic E-state index is 12.2. The lowest BCUT2D eigenvalue weighted by atomic mass is 10.0. The number of anilines is 1. The fourth-order valence-corrected chi connectivity index (χ4v) is 4.27. The number of hydrogen-bond acceptors (Lipinski definition) is 7. The minimum atomic E-state index is -3.74. The van der Waals surface area contributed by atoms with Crippen LogP contribution in [0, 0.1) is 0 Å². The molecule has 0 aliphatic heterocycles. The summed E-state index contributed by atoms with van der Waals surface area (Å²) in [5, 5.41) is 8.90. The lowest BCUT2D eigenvalue weighted by Crippen LogP contribution is -2.24. The van der Waals surface area contributed by atoms with Gasteiger partial charge in [-0.3, -0.25) is 4.79 Å². The van der Waals surface area contributed by atoms with Gasteiger partial charge < -0.3 is 11.1 Å². The van der Waals surface area contributed by atoms with E-state index >= 15 is 0 Å². The Balaban J connectivity index is 1.62. The number of aromatic nitrogens is 2. The largest absolute Gasteiger partial charge is 0.383 e. The van der Waals surface area contributed by atoms with E-state index in [1.54, 1.807) is 24.3 Å². The summed E-state index contributed by atoms with van der Waals surface area (Å²) in [5.74, 6) is 0.238. The number of halogens is 1. The van der Waals surface area contributed by atoms with Gasteiger partial charge in [0.1, 0.15) is 5.82 Å². The first-order chi connectivity index (χ1) is 15.2. The van der Waals surface area contributed by atoms with Crippen LogP contribution in [-0.4, -0.2) is 30.0 Å². The minimum absolute atomic E-state index is 0.0200. The second-order valence-electron chi connectivity index (χ2n) is 6.83. The Kier molecular flexibility index (Phi) is 7.73. The molecule has 0 aliphatic carbocycles. The number of hydrogen-bond donors (Lipinski definition) is 3. The molecule has 0 saturated heterocycles. The summed E-state index contributed by atoms with van der Waals surface area (Å²) in [4.78, 5) is 21.2. The minimum Gasteiger partial charge on any atom is -0.383 e. The van der Waals surface area contributed by atoms with Crippen molar-refractivity contribution in [3.05, 3.63) is 64.8 Å². The molecule has 2 aromatic carbocycles. The van der Waals surface area contributed by atoms with Crippen molar-refractivity contribution >= 4 is 45.1 Å². The molecule has 168 valence electrons. The Bertz CT molecular complexity index is 1220. The predicted molar refractivity (Wildman–Crippen MR) is 127 cm³/mol. The van der Waals surface area contributed by atoms with Crippen molar-refractivity contribution in [2.24, 2.45) is 5.14 Å². The number of primary sulfonamides is 1. The molecule has 0 spiro atoms. The molecule has 1 aromatic heterocycles. The van der Waals surface area contributed by atoms with Gasteiger partial charge in [-0.25, -0.2) is 23.5 Å². The highest BCUT2D eigenvalue weighted by molar-refractivity contribution is 7.99. The number of thioether (sulfide) groups is 1. The van der Waals surface area contributed by atoms with E-state index in [-0.39, 0.29) is 23.1 Å². The lowest BCUT2D eigenvalue weighted by Gasteiger charge is -2.12. The summed E-state index contributed by atoms with van der Waals surface area (Å²) < 4.78 is 22.6. The maximum Gasteiger partial charge on any atom is 0.238 e. The van der Waals surface area contributed by atoms with Gasteiger partial charge in [0, 0.05) is 17.1 Å². The van der Waals surface area contributed by atoms with Crippen LogP contribution >= 0.6 is 23.4 Å². The predicted octanol–water partition coefficient (Wildman–Crippen LogP) is 3.00. The van der Waals surface area contributed by atoms with E-state index in [1.807, 2.05) is 19.1 Å². The van der Waals surface area contributed by atoms with Crippen LogP contribution in [0.15, 0.2) is 58.6 Å². The average Bonchev–Trinajstić information content (AvgIpc) is 2.76. The number of nitrogens with one attached hydrogen (secondary N) is 1. The Hall–Kier alpha value is -2.66. The third-order valence-corrected chi connectivity index (χ3v) is 6.56. The van der Waals surface area contributed by atoms with Gasteiger partial charge in [-0.15, -0.1) is 0 Å². The van der Waals surface area contributed by atoms with Crippen molar-refractivity contribution in [2.75, 3.05) is 11.5 Å². The number of carbonyl (C=O) groups excluding carboxylic acids is 1. The van der Waals surface area contributed by atoms with E-state index in [4.69, 9.17) is 22.5 Å². The first-order valence-electron chi connectivity index (χ1n) is 9.61. The first kappa shape index (κ1) is 24.0. The van der Waals surface area contributed by atoms with Crippen molar-refractivity contribution < 1.29 is 13.2 Å². The van der Waals surface area contributed by atoms with E-state index in [9.17, 15) is 13.2 Å². The van der Waals surface area contributed by atoms with Gasteiger partial charge in [0.25, 0.3) is 0 Å². The topological polar surface area (TPSA) is 141 Å². The van der Waals surface area contributed by atoms with Crippen molar-refractivity contribution in [2.45, 2.75) is 29.9 Å². The SMILES string of the molecule is CCc1nc(SCC(=O)NCc2ccc(S(N)(=O)=O)cc2)nc(N)c1-c1ccc(Cl)cc1. The molecule has 0 aliphatic rings. The molecular weight excluding hydrogens is 470 g/mol. The Morgan fingerprint density at radius 2 is 1.75 bits per heavy atom. The monoisotopic (exact) mass is 491 g/mol. The Morgan fingerprint density at radius 3 is 2.34 bits per heavy atom. The molecular formula is C21H22ClN5O3S2. The second-order valence-corrected chi connectivity index (χ2v) is 9.77. The van der Waals surface area contributed by atoms with Gasteiger partial charge >= 0.3 is 0 Å². The molecule has 1 amide bonds. The number of benzene rings is 2. The molecule has 11 heteroatoms. The smallest absolute Gasteiger partial charge is 0.238 e. The summed E-state index contributed by atoms with van der Waals surface area (Å²) >= 11 is 7.15. The van der Waals surface area contributed by atoms with Crippen LogP contribution in [-0.2, 0) is 27.8 Å². The zero-order chi connectivity index (χ0) is 23.3. The number of carbonyl (C=O) groups is 1. The molecule has 0 radical (unpaired) electrons. The maximum atomic E-state index is 12.2. The first-order valence-corrected chi connectivity index (χ1v) is 12.5. The third kappa shape index (κ3) is 6.19. The van der Waals surface area contributed by atoms with Crippen LogP contribution in [0.1, 0.15) is 18.2 Å². The summed E-state index contributed by atoms with van der Waals surface area (Å²) in [6.07, 6.45) is 0.652. The van der Waals surface area contributed by atoms with Gasteiger partial charge in [-0.1, -0.05) is 54.6 Å².